The monoisotopic (exact) mass is 290 g/mol. The summed E-state index contributed by atoms with van der Waals surface area (Å²) in [5.74, 6) is -0.802. The molecule has 20 heavy (non-hydrogen) atoms. The van der Waals surface area contributed by atoms with E-state index in [9.17, 15) is 9.59 Å². The molecule has 0 fully saturated rings. The molecule has 0 atom stereocenters. The standard InChI is InChI=1S/C14H14N2O3S/c1-3-19-14(18)10-6-4-5-7-11(10)15-13(17)12-8-9(2)20-16-12/h4-8H,3H2,1-2H3,(H,15,17). The van der Waals surface area contributed by atoms with Crippen LogP contribution in [0.15, 0.2) is 30.3 Å². The first kappa shape index (κ1) is 14.2. The van der Waals surface area contributed by atoms with Crippen LogP contribution < -0.4 is 5.32 Å². The van der Waals surface area contributed by atoms with Gasteiger partial charge in [-0.25, -0.2) is 4.79 Å². The number of hydrogen-bond acceptors (Lipinski definition) is 5. The van der Waals surface area contributed by atoms with Crippen molar-refractivity contribution in [3.63, 3.8) is 0 Å². The van der Waals surface area contributed by atoms with E-state index in [-0.39, 0.29) is 12.5 Å². The van der Waals surface area contributed by atoms with Gasteiger partial charge in [0, 0.05) is 4.88 Å². The number of anilines is 1. The third kappa shape index (κ3) is 3.21. The second-order valence-electron chi connectivity index (χ2n) is 4.04. The molecule has 1 aromatic carbocycles. The van der Waals surface area contributed by atoms with Gasteiger partial charge in [-0.2, -0.15) is 4.37 Å². The van der Waals surface area contributed by atoms with E-state index in [1.807, 2.05) is 6.92 Å². The third-order valence-electron chi connectivity index (χ3n) is 2.53. The molecule has 0 bridgehead atoms. The van der Waals surface area contributed by atoms with Crippen molar-refractivity contribution in [1.29, 1.82) is 0 Å². The van der Waals surface area contributed by atoms with E-state index in [2.05, 4.69) is 9.69 Å². The molecule has 2 rings (SSSR count). The molecule has 1 aromatic heterocycles. The van der Waals surface area contributed by atoms with Crippen LogP contribution in [0.1, 0.15) is 32.6 Å². The first-order valence-corrected chi connectivity index (χ1v) is 6.90. The van der Waals surface area contributed by atoms with Crippen molar-refractivity contribution >= 4 is 29.1 Å². The molecule has 0 aliphatic carbocycles. The van der Waals surface area contributed by atoms with Crippen LogP contribution in [0.4, 0.5) is 5.69 Å². The minimum Gasteiger partial charge on any atom is -0.462 e. The minimum absolute atomic E-state index is 0.284. The SMILES string of the molecule is CCOC(=O)c1ccccc1NC(=O)c1cc(C)sn1. The number of carbonyl (C=O) groups is 2. The van der Waals surface area contributed by atoms with E-state index in [0.29, 0.717) is 16.9 Å². The van der Waals surface area contributed by atoms with Gasteiger partial charge in [0.2, 0.25) is 0 Å². The number of ether oxygens (including phenoxy) is 1. The number of para-hydroxylation sites is 1. The lowest BCUT2D eigenvalue weighted by Gasteiger charge is -2.09. The van der Waals surface area contributed by atoms with E-state index in [0.717, 1.165) is 4.88 Å². The minimum atomic E-state index is -0.460. The van der Waals surface area contributed by atoms with Gasteiger partial charge in [0.25, 0.3) is 5.91 Å². The van der Waals surface area contributed by atoms with E-state index in [4.69, 9.17) is 4.74 Å². The molecule has 0 radical (unpaired) electrons. The largest absolute Gasteiger partial charge is 0.462 e. The molecule has 1 N–H and O–H groups in total. The van der Waals surface area contributed by atoms with Gasteiger partial charge < -0.3 is 10.1 Å². The summed E-state index contributed by atoms with van der Waals surface area (Å²) in [5, 5.41) is 2.68. The molecule has 1 amide bonds. The lowest BCUT2D eigenvalue weighted by Crippen LogP contribution is -2.16. The Balaban J connectivity index is 2.21. The number of nitrogens with zero attached hydrogens (tertiary/aromatic N) is 1. The quantitative estimate of drug-likeness (QED) is 0.879. The Bertz CT molecular complexity index is 637. The van der Waals surface area contributed by atoms with Gasteiger partial charge in [-0.3, -0.25) is 4.79 Å². The Kier molecular flexibility index (Phi) is 4.47. The Morgan fingerprint density at radius 2 is 2.10 bits per heavy atom. The first-order valence-electron chi connectivity index (χ1n) is 6.12. The smallest absolute Gasteiger partial charge is 0.340 e. The topological polar surface area (TPSA) is 68.3 Å². The van der Waals surface area contributed by atoms with E-state index < -0.39 is 5.97 Å². The zero-order valence-corrected chi connectivity index (χ0v) is 12.0. The van der Waals surface area contributed by atoms with Gasteiger partial charge in [-0.05, 0) is 43.6 Å². The summed E-state index contributed by atoms with van der Waals surface area (Å²) in [6, 6.07) is 8.43. The highest BCUT2D eigenvalue weighted by Gasteiger charge is 2.16. The lowest BCUT2D eigenvalue weighted by molar-refractivity contribution is 0.0527. The Morgan fingerprint density at radius 1 is 1.35 bits per heavy atom. The number of amides is 1. The maximum Gasteiger partial charge on any atom is 0.340 e. The maximum absolute atomic E-state index is 12.0. The Labute approximate surface area is 120 Å². The van der Waals surface area contributed by atoms with Crippen molar-refractivity contribution in [2.75, 3.05) is 11.9 Å². The van der Waals surface area contributed by atoms with Crippen molar-refractivity contribution in [2.45, 2.75) is 13.8 Å². The molecule has 0 spiro atoms. The summed E-state index contributed by atoms with van der Waals surface area (Å²) in [5.41, 5.74) is 1.09. The molecule has 0 aliphatic rings. The Morgan fingerprint density at radius 3 is 2.75 bits per heavy atom. The summed E-state index contributed by atoms with van der Waals surface area (Å²) >= 11 is 1.26. The summed E-state index contributed by atoms with van der Waals surface area (Å²) in [6.45, 7) is 3.89. The number of benzene rings is 1. The molecule has 1 heterocycles. The summed E-state index contributed by atoms with van der Waals surface area (Å²) in [7, 11) is 0. The number of aromatic nitrogens is 1. The normalized spacial score (nSPS) is 10.1. The molecule has 0 aliphatic heterocycles. The summed E-state index contributed by atoms with van der Waals surface area (Å²) in [4.78, 5) is 24.8. The van der Waals surface area contributed by atoms with Crippen LogP contribution >= 0.6 is 11.5 Å². The average molecular weight is 290 g/mol. The van der Waals surface area contributed by atoms with Crippen molar-refractivity contribution in [1.82, 2.24) is 4.37 Å². The third-order valence-corrected chi connectivity index (χ3v) is 3.23. The number of nitrogens with one attached hydrogen (secondary N) is 1. The Hall–Kier alpha value is -2.21. The molecule has 0 saturated heterocycles. The van der Waals surface area contributed by atoms with Crippen molar-refractivity contribution in [2.24, 2.45) is 0 Å². The summed E-state index contributed by atoms with van der Waals surface area (Å²) in [6.07, 6.45) is 0. The second kappa shape index (κ2) is 6.29. The van der Waals surface area contributed by atoms with Crippen LogP contribution in [0.2, 0.25) is 0 Å². The van der Waals surface area contributed by atoms with Gasteiger partial charge in [0.05, 0.1) is 17.9 Å². The molecule has 5 nitrogen and oxygen atoms in total. The van der Waals surface area contributed by atoms with Gasteiger partial charge in [-0.15, -0.1) is 0 Å². The van der Waals surface area contributed by atoms with Crippen LogP contribution in [0.25, 0.3) is 0 Å². The van der Waals surface area contributed by atoms with Gasteiger partial charge >= 0.3 is 5.97 Å². The first-order chi connectivity index (χ1) is 9.61. The predicted molar refractivity (Wildman–Crippen MR) is 77.2 cm³/mol. The van der Waals surface area contributed by atoms with Crippen LogP contribution in [0, 0.1) is 6.92 Å². The highest BCUT2D eigenvalue weighted by molar-refractivity contribution is 7.05. The number of rotatable bonds is 4. The van der Waals surface area contributed by atoms with E-state index in [1.165, 1.54) is 11.5 Å². The highest BCUT2D eigenvalue weighted by Crippen LogP contribution is 2.18. The van der Waals surface area contributed by atoms with Gasteiger partial charge in [0.1, 0.15) is 5.69 Å². The number of hydrogen-bond donors (Lipinski definition) is 1. The van der Waals surface area contributed by atoms with Crippen LogP contribution in [0.3, 0.4) is 0 Å². The van der Waals surface area contributed by atoms with Crippen molar-refractivity contribution in [3.05, 3.63) is 46.5 Å². The number of aryl methyl sites for hydroxylation is 1. The average Bonchev–Trinajstić information content (AvgIpc) is 2.86. The molecule has 6 heteroatoms. The predicted octanol–water partition coefficient (Wildman–Crippen LogP) is 2.88. The molecule has 0 saturated carbocycles. The van der Waals surface area contributed by atoms with Crippen LogP contribution in [-0.2, 0) is 4.74 Å². The molecule has 104 valence electrons. The zero-order chi connectivity index (χ0) is 14.5. The van der Waals surface area contributed by atoms with Crippen molar-refractivity contribution < 1.29 is 14.3 Å². The molecule has 0 unspecified atom stereocenters. The molecular formula is C14H14N2O3S. The van der Waals surface area contributed by atoms with E-state index >= 15 is 0 Å². The fraction of sp³-hybridized carbons (Fsp3) is 0.214. The highest BCUT2D eigenvalue weighted by atomic mass is 32.1. The molecule has 2 aromatic rings. The van der Waals surface area contributed by atoms with Gasteiger partial charge in [0.15, 0.2) is 0 Å². The van der Waals surface area contributed by atoms with Crippen molar-refractivity contribution in [3.8, 4) is 0 Å². The van der Waals surface area contributed by atoms with E-state index in [1.54, 1.807) is 37.3 Å². The maximum atomic E-state index is 12.0. The fourth-order valence-corrected chi connectivity index (χ4v) is 2.18. The van der Waals surface area contributed by atoms with Gasteiger partial charge in [-0.1, -0.05) is 12.1 Å². The van der Waals surface area contributed by atoms with Crippen LogP contribution in [0.5, 0.6) is 0 Å². The lowest BCUT2D eigenvalue weighted by atomic mass is 10.1. The number of carbonyl (C=O) groups excluding carboxylic acids is 2. The number of esters is 1. The fourth-order valence-electron chi connectivity index (χ4n) is 1.64. The summed E-state index contributed by atoms with van der Waals surface area (Å²) < 4.78 is 8.99. The molecular weight excluding hydrogens is 276 g/mol. The zero-order valence-electron chi connectivity index (χ0n) is 11.2. The second-order valence-corrected chi connectivity index (χ2v) is 5.05. The van der Waals surface area contributed by atoms with Crippen LogP contribution in [-0.4, -0.2) is 22.9 Å².